The average Bonchev–Trinajstić information content (AvgIpc) is 2.82. The van der Waals surface area contributed by atoms with Gasteiger partial charge in [0.05, 0.1) is 12.8 Å². The molecule has 0 saturated heterocycles. The Labute approximate surface area is 150 Å². The van der Waals surface area contributed by atoms with Crippen molar-refractivity contribution in [2.24, 2.45) is 0 Å². The lowest BCUT2D eigenvalue weighted by Gasteiger charge is -2.16. The fourth-order valence-corrected chi connectivity index (χ4v) is 2.81. The summed E-state index contributed by atoms with van der Waals surface area (Å²) in [5.74, 6) is -0.402. The van der Waals surface area contributed by atoms with Crippen LogP contribution in [0.1, 0.15) is 11.1 Å². The van der Waals surface area contributed by atoms with Crippen LogP contribution in [0.3, 0.4) is 0 Å². The minimum Gasteiger partial charge on any atom is -0.497 e. The Balaban J connectivity index is 1.92. The largest absolute Gasteiger partial charge is 0.497 e. The van der Waals surface area contributed by atoms with Crippen LogP contribution in [0.2, 0.25) is 0 Å². The zero-order valence-electron chi connectivity index (χ0n) is 14.1. The first kappa shape index (κ1) is 17.0. The van der Waals surface area contributed by atoms with Crippen molar-refractivity contribution in [2.45, 2.75) is 13.8 Å². The van der Waals surface area contributed by atoms with Gasteiger partial charge in [0.2, 0.25) is 0 Å². The van der Waals surface area contributed by atoms with Gasteiger partial charge in [0.25, 0.3) is 11.8 Å². The first-order valence-corrected chi connectivity index (χ1v) is 8.07. The van der Waals surface area contributed by atoms with Crippen molar-refractivity contribution in [1.82, 2.24) is 0 Å². The van der Waals surface area contributed by atoms with E-state index in [2.05, 4.69) is 5.32 Å². The lowest BCUT2D eigenvalue weighted by atomic mass is 10.1. The van der Waals surface area contributed by atoms with Gasteiger partial charge in [-0.15, -0.1) is 0 Å². The summed E-state index contributed by atoms with van der Waals surface area (Å²) in [5, 5.41) is 2.89. The summed E-state index contributed by atoms with van der Waals surface area (Å²) in [6, 6.07) is 12.3. The van der Waals surface area contributed by atoms with E-state index < -0.39 is 11.8 Å². The molecule has 0 spiro atoms. The highest BCUT2D eigenvalue weighted by molar-refractivity contribution is 6.53. The lowest BCUT2D eigenvalue weighted by molar-refractivity contribution is -0.120. The minimum absolute atomic E-state index is 0.0798. The fourth-order valence-electron chi connectivity index (χ4n) is 2.60. The molecule has 2 amide bonds. The van der Waals surface area contributed by atoms with E-state index in [9.17, 15) is 9.59 Å². The molecule has 0 aliphatic carbocycles. The molecule has 128 valence electrons. The lowest BCUT2D eigenvalue weighted by Crippen LogP contribution is -2.32. The monoisotopic (exact) mass is 356 g/mol. The maximum atomic E-state index is 12.8. The topological polar surface area (TPSA) is 58.6 Å². The first-order chi connectivity index (χ1) is 11.9. The number of hydrogen-bond donors (Lipinski definition) is 1. The van der Waals surface area contributed by atoms with Gasteiger partial charge in [-0.1, -0.05) is 23.7 Å². The van der Waals surface area contributed by atoms with Crippen LogP contribution in [0.25, 0.3) is 0 Å². The van der Waals surface area contributed by atoms with E-state index in [4.69, 9.17) is 16.3 Å². The molecule has 0 atom stereocenters. The highest BCUT2D eigenvalue weighted by atomic mass is 35.5. The Hall–Kier alpha value is -2.79. The van der Waals surface area contributed by atoms with Gasteiger partial charge in [0.15, 0.2) is 0 Å². The summed E-state index contributed by atoms with van der Waals surface area (Å²) < 4.78 is 5.09. The van der Waals surface area contributed by atoms with Gasteiger partial charge in [0, 0.05) is 5.69 Å². The van der Waals surface area contributed by atoms with Gasteiger partial charge in [-0.05, 0) is 55.3 Å². The highest BCUT2D eigenvalue weighted by Gasteiger charge is 2.39. The Morgan fingerprint density at radius 2 is 1.68 bits per heavy atom. The normalized spacial score (nSPS) is 14.3. The predicted octanol–water partition coefficient (Wildman–Crippen LogP) is 3.75. The third-order valence-corrected chi connectivity index (χ3v) is 4.57. The number of benzene rings is 2. The molecule has 2 aromatic rings. The Bertz CT molecular complexity index is 888. The first-order valence-electron chi connectivity index (χ1n) is 7.70. The Morgan fingerprint density at radius 1 is 1.00 bits per heavy atom. The number of imide groups is 1. The van der Waals surface area contributed by atoms with E-state index in [-0.39, 0.29) is 10.7 Å². The van der Waals surface area contributed by atoms with E-state index in [1.54, 1.807) is 31.4 Å². The number of carbonyl (C=O) groups excluding carboxylic acids is 2. The van der Waals surface area contributed by atoms with E-state index >= 15 is 0 Å². The van der Waals surface area contributed by atoms with Crippen molar-refractivity contribution in [1.29, 1.82) is 0 Å². The molecular weight excluding hydrogens is 340 g/mol. The molecule has 1 aliphatic rings. The maximum absolute atomic E-state index is 12.8. The quantitative estimate of drug-likeness (QED) is 0.848. The van der Waals surface area contributed by atoms with Gasteiger partial charge in [-0.3, -0.25) is 9.59 Å². The summed E-state index contributed by atoms with van der Waals surface area (Å²) in [6.45, 7) is 3.91. The molecule has 0 saturated carbocycles. The molecule has 2 aromatic carbocycles. The predicted molar refractivity (Wildman–Crippen MR) is 97.9 cm³/mol. The molecule has 0 radical (unpaired) electrons. The second-order valence-electron chi connectivity index (χ2n) is 5.71. The van der Waals surface area contributed by atoms with Gasteiger partial charge in [-0.2, -0.15) is 0 Å². The standard InChI is InChI=1S/C19H17ClN2O3/c1-11-5-4-6-15(12(11)2)21-17-16(20)18(23)22(19(17)24)13-7-9-14(25-3)10-8-13/h4-10,21H,1-3H3. The molecule has 25 heavy (non-hydrogen) atoms. The van der Waals surface area contributed by atoms with E-state index in [1.807, 2.05) is 32.0 Å². The molecule has 1 heterocycles. The summed E-state index contributed by atoms with van der Waals surface area (Å²) >= 11 is 6.15. The number of rotatable bonds is 4. The average molecular weight is 357 g/mol. The SMILES string of the molecule is COc1ccc(N2C(=O)C(Cl)=C(Nc3cccc(C)c3C)C2=O)cc1. The molecule has 1 N–H and O–H groups in total. The molecule has 6 heteroatoms. The number of hydrogen-bond acceptors (Lipinski definition) is 4. The Kier molecular flexibility index (Phi) is 4.51. The van der Waals surface area contributed by atoms with Crippen LogP contribution in [0.15, 0.2) is 53.2 Å². The number of amides is 2. The number of nitrogens with zero attached hydrogens (tertiary/aromatic N) is 1. The van der Waals surface area contributed by atoms with Gasteiger partial charge < -0.3 is 10.1 Å². The molecule has 0 aromatic heterocycles. The number of ether oxygens (including phenoxy) is 1. The minimum atomic E-state index is -0.551. The van der Waals surface area contributed by atoms with Crippen molar-refractivity contribution in [3.8, 4) is 5.75 Å². The van der Waals surface area contributed by atoms with E-state index in [1.165, 1.54) is 0 Å². The van der Waals surface area contributed by atoms with Crippen LogP contribution in [0, 0.1) is 13.8 Å². The van der Waals surface area contributed by atoms with Gasteiger partial charge >= 0.3 is 0 Å². The highest BCUT2D eigenvalue weighted by Crippen LogP contribution is 2.32. The fraction of sp³-hybridized carbons (Fsp3) is 0.158. The maximum Gasteiger partial charge on any atom is 0.283 e. The smallest absolute Gasteiger partial charge is 0.283 e. The number of carbonyl (C=O) groups is 2. The summed E-state index contributed by atoms with van der Waals surface area (Å²) in [6.07, 6.45) is 0. The summed E-state index contributed by atoms with van der Waals surface area (Å²) in [7, 11) is 1.55. The van der Waals surface area contributed by atoms with Crippen LogP contribution in [-0.2, 0) is 9.59 Å². The van der Waals surface area contributed by atoms with Crippen LogP contribution < -0.4 is 15.0 Å². The van der Waals surface area contributed by atoms with Crippen LogP contribution >= 0.6 is 11.6 Å². The molecular formula is C19H17ClN2O3. The number of halogens is 1. The number of nitrogens with one attached hydrogen (secondary N) is 1. The van der Waals surface area contributed by atoms with Crippen molar-refractivity contribution < 1.29 is 14.3 Å². The molecule has 0 bridgehead atoms. The van der Waals surface area contributed by atoms with Crippen molar-refractivity contribution in [3.05, 3.63) is 64.3 Å². The van der Waals surface area contributed by atoms with Crippen LogP contribution in [0.5, 0.6) is 5.75 Å². The zero-order valence-corrected chi connectivity index (χ0v) is 14.8. The van der Waals surface area contributed by atoms with Crippen molar-refractivity contribution in [2.75, 3.05) is 17.3 Å². The van der Waals surface area contributed by atoms with Crippen LogP contribution in [0.4, 0.5) is 11.4 Å². The van der Waals surface area contributed by atoms with Crippen LogP contribution in [-0.4, -0.2) is 18.9 Å². The third-order valence-electron chi connectivity index (χ3n) is 4.22. The molecule has 1 aliphatic heterocycles. The number of aryl methyl sites for hydroxylation is 1. The summed E-state index contributed by atoms with van der Waals surface area (Å²) in [4.78, 5) is 26.3. The second-order valence-corrected chi connectivity index (χ2v) is 6.08. The third kappa shape index (κ3) is 2.98. The van der Waals surface area contributed by atoms with E-state index in [0.717, 1.165) is 21.7 Å². The number of methoxy groups -OCH3 is 1. The summed E-state index contributed by atoms with van der Waals surface area (Å²) in [5.41, 5.74) is 3.32. The van der Waals surface area contributed by atoms with Gasteiger partial charge in [-0.25, -0.2) is 4.90 Å². The van der Waals surface area contributed by atoms with Crippen molar-refractivity contribution in [3.63, 3.8) is 0 Å². The second kappa shape index (κ2) is 6.61. The van der Waals surface area contributed by atoms with Crippen molar-refractivity contribution >= 4 is 34.8 Å². The molecule has 5 nitrogen and oxygen atoms in total. The molecule has 3 rings (SSSR count). The number of anilines is 2. The van der Waals surface area contributed by atoms with Gasteiger partial charge in [0.1, 0.15) is 16.5 Å². The molecule has 0 unspecified atom stereocenters. The Morgan fingerprint density at radius 3 is 2.32 bits per heavy atom. The van der Waals surface area contributed by atoms with E-state index in [0.29, 0.717) is 11.4 Å². The molecule has 0 fully saturated rings. The zero-order chi connectivity index (χ0) is 18.1.